The molecule has 1 atom stereocenters. The molecule has 2 heteroatoms. The summed E-state index contributed by atoms with van der Waals surface area (Å²) in [6.45, 7) is 5.49. The molecule has 0 saturated carbocycles. The molecular weight excluding hydrogens is 256 g/mol. The smallest absolute Gasteiger partial charge is 0.235 e. The van der Waals surface area contributed by atoms with E-state index in [2.05, 4.69) is 83.4 Å². The highest BCUT2D eigenvalue weighted by Gasteiger charge is 2.27. The second kappa shape index (κ2) is 6.57. The fourth-order valence-corrected chi connectivity index (χ4v) is 3.08. The Kier molecular flexibility index (Phi) is 4.34. The normalized spacial score (nSPS) is 15.9. The van der Waals surface area contributed by atoms with Crippen molar-refractivity contribution in [1.82, 2.24) is 4.90 Å². The van der Waals surface area contributed by atoms with E-state index < -0.39 is 0 Å². The molecular formula is C19H23N2+. The van der Waals surface area contributed by atoms with Gasteiger partial charge in [-0.05, 0) is 17.5 Å². The van der Waals surface area contributed by atoms with E-state index in [1.807, 2.05) is 0 Å². The van der Waals surface area contributed by atoms with Gasteiger partial charge in [0.2, 0.25) is 6.34 Å². The van der Waals surface area contributed by atoms with Crippen LogP contribution in [0.15, 0.2) is 60.7 Å². The Morgan fingerprint density at radius 1 is 1.00 bits per heavy atom. The average molecular weight is 279 g/mol. The van der Waals surface area contributed by atoms with Gasteiger partial charge in [0.1, 0.15) is 25.7 Å². The van der Waals surface area contributed by atoms with Gasteiger partial charge in [0.05, 0.1) is 0 Å². The lowest BCUT2D eigenvalue weighted by Gasteiger charge is -2.19. The van der Waals surface area contributed by atoms with Gasteiger partial charge in [-0.25, -0.2) is 0 Å². The molecule has 108 valence electrons. The summed E-state index contributed by atoms with van der Waals surface area (Å²) in [5, 5.41) is 0. The zero-order valence-corrected chi connectivity index (χ0v) is 12.7. The van der Waals surface area contributed by atoms with E-state index in [1.165, 1.54) is 11.1 Å². The summed E-state index contributed by atoms with van der Waals surface area (Å²) in [7, 11) is 0. The number of hydrogen-bond acceptors (Lipinski definition) is 1. The molecule has 0 N–H and O–H groups in total. The van der Waals surface area contributed by atoms with Gasteiger partial charge in [0.25, 0.3) is 0 Å². The van der Waals surface area contributed by atoms with Crippen molar-refractivity contribution in [3.8, 4) is 0 Å². The minimum atomic E-state index is 0.493. The van der Waals surface area contributed by atoms with Crippen LogP contribution >= 0.6 is 0 Å². The minimum absolute atomic E-state index is 0.493. The Labute approximate surface area is 127 Å². The van der Waals surface area contributed by atoms with E-state index in [9.17, 15) is 0 Å². The molecule has 2 aromatic rings. The summed E-state index contributed by atoms with van der Waals surface area (Å²) >= 11 is 0. The molecule has 0 saturated heterocycles. The van der Waals surface area contributed by atoms with Crippen molar-refractivity contribution >= 4 is 6.34 Å². The van der Waals surface area contributed by atoms with Crippen LogP contribution in [0.2, 0.25) is 0 Å². The second-order valence-corrected chi connectivity index (χ2v) is 5.64. The number of hydrogen-bond donors (Lipinski definition) is 0. The van der Waals surface area contributed by atoms with Crippen molar-refractivity contribution < 1.29 is 4.58 Å². The number of rotatable bonds is 5. The van der Waals surface area contributed by atoms with E-state index in [-0.39, 0.29) is 0 Å². The predicted molar refractivity (Wildman–Crippen MR) is 87.5 cm³/mol. The van der Waals surface area contributed by atoms with E-state index in [0.29, 0.717) is 6.04 Å². The van der Waals surface area contributed by atoms with Gasteiger partial charge >= 0.3 is 0 Å². The summed E-state index contributed by atoms with van der Waals surface area (Å²) in [5.41, 5.74) is 2.79. The highest BCUT2D eigenvalue weighted by atomic mass is 15.3. The molecule has 1 aliphatic rings. The largest absolute Gasteiger partial charge is 0.260 e. The lowest BCUT2D eigenvalue weighted by Crippen LogP contribution is -2.25. The predicted octanol–water partition coefficient (Wildman–Crippen LogP) is 3.69. The molecule has 1 aliphatic heterocycles. The maximum atomic E-state index is 2.48. The average Bonchev–Trinajstić information content (AvgIpc) is 2.98. The molecule has 21 heavy (non-hydrogen) atoms. The number of benzene rings is 2. The first-order valence-electron chi connectivity index (χ1n) is 7.80. The van der Waals surface area contributed by atoms with Gasteiger partial charge in [-0.1, -0.05) is 67.6 Å². The third-order valence-electron chi connectivity index (χ3n) is 4.16. The van der Waals surface area contributed by atoms with Crippen molar-refractivity contribution in [2.75, 3.05) is 13.1 Å². The van der Waals surface area contributed by atoms with Crippen molar-refractivity contribution in [2.24, 2.45) is 0 Å². The zero-order chi connectivity index (χ0) is 14.5. The Morgan fingerprint density at radius 2 is 1.67 bits per heavy atom. The third-order valence-corrected chi connectivity index (χ3v) is 4.16. The van der Waals surface area contributed by atoms with E-state index in [4.69, 9.17) is 0 Å². The van der Waals surface area contributed by atoms with Crippen LogP contribution in [0.25, 0.3) is 0 Å². The van der Waals surface area contributed by atoms with E-state index in [0.717, 1.165) is 26.1 Å². The molecule has 0 spiro atoms. The first-order chi connectivity index (χ1) is 10.4. The molecule has 0 bridgehead atoms. The van der Waals surface area contributed by atoms with Crippen LogP contribution in [0.5, 0.6) is 0 Å². The summed E-state index contributed by atoms with van der Waals surface area (Å²) in [4.78, 5) is 2.48. The Balaban J connectivity index is 1.72. The van der Waals surface area contributed by atoms with Crippen LogP contribution in [0.3, 0.4) is 0 Å². The first kappa shape index (κ1) is 13.9. The molecule has 2 aromatic carbocycles. The van der Waals surface area contributed by atoms with Crippen molar-refractivity contribution in [1.29, 1.82) is 0 Å². The van der Waals surface area contributed by atoms with E-state index >= 15 is 0 Å². The minimum Gasteiger partial charge on any atom is -0.260 e. The van der Waals surface area contributed by atoms with Crippen molar-refractivity contribution in [3.05, 3.63) is 71.8 Å². The first-order valence-corrected chi connectivity index (χ1v) is 7.80. The summed E-state index contributed by atoms with van der Waals surface area (Å²) in [5.74, 6) is 0. The Morgan fingerprint density at radius 3 is 2.33 bits per heavy atom. The van der Waals surface area contributed by atoms with Crippen LogP contribution in [-0.2, 0) is 6.54 Å². The molecule has 0 amide bonds. The van der Waals surface area contributed by atoms with E-state index in [1.54, 1.807) is 0 Å². The molecule has 2 nitrogen and oxygen atoms in total. The second-order valence-electron chi connectivity index (χ2n) is 5.64. The fraction of sp³-hybridized carbons (Fsp3) is 0.316. The highest BCUT2D eigenvalue weighted by Crippen LogP contribution is 2.24. The van der Waals surface area contributed by atoms with Crippen molar-refractivity contribution in [2.45, 2.75) is 25.9 Å². The van der Waals surface area contributed by atoms with Gasteiger partial charge in [0, 0.05) is 0 Å². The van der Waals surface area contributed by atoms with Crippen LogP contribution in [0.1, 0.15) is 30.5 Å². The quantitative estimate of drug-likeness (QED) is 0.757. The highest BCUT2D eigenvalue weighted by molar-refractivity contribution is 5.52. The zero-order valence-electron chi connectivity index (χ0n) is 12.7. The van der Waals surface area contributed by atoms with Gasteiger partial charge in [0.15, 0.2) is 0 Å². The lowest BCUT2D eigenvalue weighted by molar-refractivity contribution is -0.530. The molecule has 0 aromatic heterocycles. The van der Waals surface area contributed by atoms with Crippen LogP contribution < -0.4 is 0 Å². The van der Waals surface area contributed by atoms with Crippen LogP contribution in [0.4, 0.5) is 0 Å². The maximum absolute atomic E-state index is 2.48. The Bertz CT molecular complexity index is 589. The molecule has 0 aliphatic carbocycles. The van der Waals surface area contributed by atoms with Crippen LogP contribution in [0, 0.1) is 0 Å². The standard InChI is InChI=1S/C19H23N2/c1-2-19(18-11-7-4-8-12-18)21-14-13-20(16-21)15-17-9-5-3-6-10-17/h3-12,16,19H,2,13-15H2,1H3/q+1. The maximum Gasteiger partial charge on any atom is 0.235 e. The van der Waals surface area contributed by atoms with Crippen LogP contribution in [-0.4, -0.2) is 28.9 Å². The summed E-state index contributed by atoms with van der Waals surface area (Å²) in [6, 6.07) is 22.0. The fourth-order valence-electron chi connectivity index (χ4n) is 3.08. The monoisotopic (exact) mass is 279 g/mol. The Hall–Kier alpha value is -2.09. The van der Waals surface area contributed by atoms with Gasteiger partial charge in [-0.15, -0.1) is 0 Å². The van der Waals surface area contributed by atoms with Crippen molar-refractivity contribution in [3.63, 3.8) is 0 Å². The molecule has 3 rings (SSSR count). The lowest BCUT2D eigenvalue weighted by atomic mass is 10.0. The molecule has 1 unspecified atom stereocenters. The molecule has 0 radical (unpaired) electrons. The molecule has 1 heterocycles. The summed E-state index contributed by atoms with van der Waals surface area (Å²) < 4.78 is 2.42. The molecule has 0 fully saturated rings. The number of nitrogens with zero attached hydrogens (tertiary/aromatic N) is 2. The third kappa shape index (κ3) is 3.33. The topological polar surface area (TPSA) is 6.25 Å². The van der Waals surface area contributed by atoms with Gasteiger partial charge in [-0.3, -0.25) is 9.48 Å². The summed E-state index contributed by atoms with van der Waals surface area (Å²) in [6.07, 6.45) is 3.45. The van der Waals surface area contributed by atoms with Gasteiger partial charge < -0.3 is 0 Å². The van der Waals surface area contributed by atoms with Gasteiger partial charge in [-0.2, -0.15) is 0 Å². The SMILES string of the molecule is CCC(c1ccccc1)N1C=[N+](Cc2ccccc2)CC1.